The molecule has 0 unspecified atom stereocenters. The second kappa shape index (κ2) is 11.0. The van der Waals surface area contributed by atoms with E-state index >= 15 is 0 Å². The van der Waals surface area contributed by atoms with Crippen LogP contribution in [-0.2, 0) is 24.4 Å². The Morgan fingerprint density at radius 3 is 2.47 bits per heavy atom. The Balaban J connectivity index is 2.40. The minimum Gasteiger partial charge on any atom is -0.497 e. The number of amides is 2. The van der Waals surface area contributed by atoms with Crippen LogP contribution < -0.4 is 25.3 Å². The molecule has 172 valence electrons. The van der Waals surface area contributed by atoms with Crippen molar-refractivity contribution in [2.75, 3.05) is 33.3 Å². The van der Waals surface area contributed by atoms with E-state index in [4.69, 9.17) is 19.4 Å². The van der Waals surface area contributed by atoms with Crippen LogP contribution in [0.1, 0.15) is 0 Å². The molecule has 32 heavy (non-hydrogen) atoms. The Labute approximate surface area is 184 Å². The number of nitrogens with two attached hydrogens (primary N) is 1. The van der Waals surface area contributed by atoms with E-state index in [2.05, 4.69) is 20.4 Å². The monoisotopic (exact) mass is 466 g/mol. The van der Waals surface area contributed by atoms with Gasteiger partial charge in [-0.3, -0.25) is 10.1 Å². The minimum atomic E-state index is -4.22. The fourth-order valence-corrected chi connectivity index (χ4v) is 3.28. The van der Waals surface area contributed by atoms with E-state index in [1.807, 2.05) is 0 Å². The number of carbonyl (C=O) groups excluding carboxylic acids is 2. The van der Waals surface area contributed by atoms with Gasteiger partial charge in [-0.05, 0) is 24.3 Å². The van der Waals surface area contributed by atoms with Crippen LogP contribution in [0.15, 0.2) is 52.4 Å². The Bertz CT molecular complexity index is 1120. The summed E-state index contributed by atoms with van der Waals surface area (Å²) >= 11 is 0. The average molecular weight is 466 g/mol. The minimum absolute atomic E-state index is 0.00157. The summed E-state index contributed by atoms with van der Waals surface area (Å²) in [6.45, 7) is -0.235. The van der Waals surface area contributed by atoms with Crippen LogP contribution in [0.3, 0.4) is 0 Å². The van der Waals surface area contributed by atoms with E-state index in [1.54, 1.807) is 6.07 Å². The number of nitrogens with one attached hydrogen (secondary N) is 2. The number of benzene rings is 2. The first kappa shape index (κ1) is 24.4. The van der Waals surface area contributed by atoms with Gasteiger partial charge in [0.25, 0.3) is 0 Å². The molecule has 0 aliphatic heterocycles. The molecule has 2 aromatic carbocycles. The molecule has 0 heterocycles. The highest BCUT2D eigenvalue weighted by Crippen LogP contribution is 2.31. The molecule has 0 aliphatic carbocycles. The maximum atomic E-state index is 12.6. The standard InChI is InChI=1S/C19H22N4O8S/c1-28-11-17(24)21-15-8-7-13(10-16(15)22-18(20)23-19(25)30-3)31-32(26,27)14-6-4-5-12(9-14)29-2/h4-10H,11H2,1-3H3,(H,21,24)(H3,20,22,23,25). The van der Waals surface area contributed by atoms with Crippen molar-refractivity contribution >= 4 is 39.5 Å². The number of hydrogen-bond acceptors (Lipinski definition) is 9. The van der Waals surface area contributed by atoms with Crippen molar-refractivity contribution in [1.29, 1.82) is 0 Å². The fourth-order valence-electron chi connectivity index (χ4n) is 2.32. The summed E-state index contributed by atoms with van der Waals surface area (Å²) in [4.78, 5) is 27.1. The second-order valence-corrected chi connectivity index (χ2v) is 7.54. The smallest absolute Gasteiger partial charge is 0.413 e. The predicted molar refractivity (Wildman–Crippen MR) is 115 cm³/mol. The van der Waals surface area contributed by atoms with Crippen LogP contribution in [-0.4, -0.2) is 54.3 Å². The van der Waals surface area contributed by atoms with Crippen molar-refractivity contribution in [2.24, 2.45) is 10.7 Å². The van der Waals surface area contributed by atoms with Crippen molar-refractivity contribution in [3.8, 4) is 11.5 Å². The molecule has 0 aliphatic rings. The van der Waals surface area contributed by atoms with E-state index < -0.39 is 22.1 Å². The Morgan fingerprint density at radius 1 is 1.06 bits per heavy atom. The summed E-state index contributed by atoms with van der Waals surface area (Å²) in [5.74, 6) is -0.659. The first-order valence-corrected chi connectivity index (χ1v) is 10.3. The maximum absolute atomic E-state index is 12.6. The van der Waals surface area contributed by atoms with E-state index in [0.29, 0.717) is 5.75 Å². The molecule has 2 aromatic rings. The van der Waals surface area contributed by atoms with Gasteiger partial charge in [-0.2, -0.15) is 8.42 Å². The molecule has 0 saturated carbocycles. The van der Waals surface area contributed by atoms with Crippen LogP contribution >= 0.6 is 0 Å². The van der Waals surface area contributed by atoms with Crippen molar-refractivity contribution in [3.05, 3.63) is 42.5 Å². The molecular weight excluding hydrogens is 444 g/mol. The average Bonchev–Trinajstić information content (AvgIpc) is 2.75. The van der Waals surface area contributed by atoms with E-state index in [9.17, 15) is 18.0 Å². The van der Waals surface area contributed by atoms with Crippen LogP contribution in [0.25, 0.3) is 0 Å². The number of alkyl carbamates (subject to hydrolysis) is 1. The number of carbonyl (C=O) groups is 2. The highest BCUT2D eigenvalue weighted by molar-refractivity contribution is 7.87. The van der Waals surface area contributed by atoms with Crippen molar-refractivity contribution in [2.45, 2.75) is 4.90 Å². The van der Waals surface area contributed by atoms with E-state index in [1.165, 1.54) is 50.6 Å². The van der Waals surface area contributed by atoms with Gasteiger partial charge in [-0.1, -0.05) is 6.07 Å². The summed E-state index contributed by atoms with van der Waals surface area (Å²) in [5.41, 5.74) is 5.83. The molecule has 0 atom stereocenters. The molecule has 2 amide bonds. The number of nitrogens with zero attached hydrogens (tertiary/aromatic N) is 1. The highest BCUT2D eigenvalue weighted by atomic mass is 32.2. The van der Waals surface area contributed by atoms with Crippen LogP contribution in [0.2, 0.25) is 0 Å². The third-order valence-electron chi connectivity index (χ3n) is 3.71. The third-order valence-corrected chi connectivity index (χ3v) is 4.95. The Hall–Kier alpha value is -3.84. The largest absolute Gasteiger partial charge is 0.497 e. The van der Waals surface area contributed by atoms with Crippen molar-refractivity contribution < 1.29 is 36.4 Å². The number of rotatable bonds is 8. The van der Waals surface area contributed by atoms with Gasteiger partial charge in [0.15, 0.2) is 0 Å². The van der Waals surface area contributed by atoms with Gasteiger partial charge < -0.3 is 29.4 Å². The third kappa shape index (κ3) is 6.85. The summed E-state index contributed by atoms with van der Waals surface area (Å²) in [6, 6.07) is 9.60. The molecule has 0 spiro atoms. The molecule has 4 N–H and O–H groups in total. The van der Waals surface area contributed by atoms with Gasteiger partial charge in [-0.15, -0.1) is 0 Å². The van der Waals surface area contributed by atoms with E-state index in [-0.39, 0.29) is 34.6 Å². The van der Waals surface area contributed by atoms with Crippen molar-refractivity contribution in [1.82, 2.24) is 5.32 Å². The number of anilines is 1. The number of methoxy groups -OCH3 is 3. The normalized spacial score (nSPS) is 11.4. The zero-order valence-corrected chi connectivity index (χ0v) is 18.3. The Morgan fingerprint density at radius 2 is 1.81 bits per heavy atom. The lowest BCUT2D eigenvalue weighted by atomic mass is 10.2. The zero-order valence-electron chi connectivity index (χ0n) is 17.4. The van der Waals surface area contributed by atoms with Crippen LogP contribution in [0, 0.1) is 0 Å². The lowest BCUT2D eigenvalue weighted by molar-refractivity contribution is -0.119. The van der Waals surface area contributed by atoms with E-state index in [0.717, 1.165) is 7.11 Å². The van der Waals surface area contributed by atoms with Gasteiger partial charge in [0, 0.05) is 19.2 Å². The lowest BCUT2D eigenvalue weighted by Crippen LogP contribution is -2.36. The summed E-state index contributed by atoms with van der Waals surface area (Å²) in [7, 11) is -0.332. The lowest BCUT2D eigenvalue weighted by Gasteiger charge is -2.12. The number of aliphatic imine (C=N–C) groups is 1. The molecule has 0 radical (unpaired) electrons. The predicted octanol–water partition coefficient (Wildman–Crippen LogP) is 1.35. The molecule has 0 bridgehead atoms. The molecule has 2 rings (SSSR count). The molecule has 0 aromatic heterocycles. The zero-order chi connectivity index (χ0) is 23.7. The molecule has 13 heteroatoms. The Kier molecular flexibility index (Phi) is 8.38. The quantitative estimate of drug-likeness (QED) is 0.295. The van der Waals surface area contributed by atoms with Gasteiger partial charge in [-0.25, -0.2) is 9.79 Å². The first-order chi connectivity index (χ1) is 15.2. The van der Waals surface area contributed by atoms with Gasteiger partial charge >= 0.3 is 16.2 Å². The summed E-state index contributed by atoms with van der Waals surface area (Å²) in [5, 5.41) is 4.68. The second-order valence-electron chi connectivity index (χ2n) is 5.99. The topological polar surface area (TPSA) is 168 Å². The molecule has 12 nitrogen and oxygen atoms in total. The van der Waals surface area contributed by atoms with Gasteiger partial charge in [0.05, 0.1) is 25.6 Å². The van der Waals surface area contributed by atoms with Gasteiger partial charge in [0.1, 0.15) is 23.0 Å². The highest BCUT2D eigenvalue weighted by Gasteiger charge is 2.19. The number of guanidine groups is 1. The van der Waals surface area contributed by atoms with Crippen LogP contribution in [0.4, 0.5) is 16.2 Å². The molecule has 0 saturated heterocycles. The SMILES string of the molecule is COCC(=O)Nc1ccc(OS(=O)(=O)c2cccc(OC)c2)cc1N=C(N)NC(=O)OC. The maximum Gasteiger partial charge on any atom is 0.413 e. The number of hydrogen-bond donors (Lipinski definition) is 3. The molecular formula is C19H22N4O8S. The molecule has 0 fully saturated rings. The van der Waals surface area contributed by atoms with Crippen molar-refractivity contribution in [3.63, 3.8) is 0 Å². The fraction of sp³-hybridized carbons (Fsp3) is 0.211. The number of ether oxygens (including phenoxy) is 3. The first-order valence-electron chi connectivity index (χ1n) is 8.89. The van der Waals surface area contributed by atoms with Gasteiger partial charge in [0.2, 0.25) is 11.9 Å². The summed E-state index contributed by atoms with van der Waals surface area (Å²) in [6.07, 6.45) is -0.871. The summed E-state index contributed by atoms with van der Waals surface area (Å²) < 4.78 is 44.7. The van der Waals surface area contributed by atoms with Crippen LogP contribution in [0.5, 0.6) is 11.5 Å².